The third-order valence-corrected chi connectivity index (χ3v) is 5.17. The molecular formula is C20H15ClN4O4. The molecule has 2 aliphatic rings. The molecule has 146 valence electrons. The van der Waals surface area contributed by atoms with Crippen LogP contribution in [0.2, 0.25) is 5.02 Å². The van der Waals surface area contributed by atoms with Gasteiger partial charge >= 0.3 is 0 Å². The van der Waals surface area contributed by atoms with Crippen LogP contribution in [0.5, 0.6) is 0 Å². The van der Waals surface area contributed by atoms with Crippen molar-refractivity contribution in [3.8, 4) is 5.69 Å². The Morgan fingerprint density at radius 1 is 0.931 bits per heavy atom. The number of hydrogen-bond donors (Lipinski definition) is 0. The fourth-order valence-electron chi connectivity index (χ4n) is 3.46. The van der Waals surface area contributed by atoms with Crippen LogP contribution in [0.4, 0.5) is 0 Å². The third-order valence-electron chi connectivity index (χ3n) is 4.91. The van der Waals surface area contributed by atoms with E-state index in [1.807, 2.05) is 12.1 Å². The van der Waals surface area contributed by atoms with E-state index in [0.29, 0.717) is 21.8 Å². The summed E-state index contributed by atoms with van der Waals surface area (Å²) in [7, 11) is 0. The average Bonchev–Trinajstić information content (AvgIpc) is 3.33. The molecular weight excluding hydrogens is 396 g/mol. The highest BCUT2D eigenvalue weighted by molar-refractivity contribution is 6.30. The molecule has 0 saturated carbocycles. The lowest BCUT2D eigenvalue weighted by Gasteiger charge is -2.32. The number of halogens is 1. The van der Waals surface area contributed by atoms with Crippen LogP contribution in [-0.4, -0.2) is 51.0 Å². The molecule has 1 fully saturated rings. The van der Waals surface area contributed by atoms with Gasteiger partial charge in [-0.2, -0.15) is 0 Å². The van der Waals surface area contributed by atoms with Crippen molar-refractivity contribution in [2.24, 2.45) is 0 Å². The van der Waals surface area contributed by atoms with Crippen LogP contribution in [0.25, 0.3) is 5.69 Å². The van der Waals surface area contributed by atoms with Crippen molar-refractivity contribution in [3.05, 3.63) is 76.6 Å². The van der Waals surface area contributed by atoms with E-state index in [1.165, 1.54) is 4.90 Å². The lowest BCUT2D eigenvalue weighted by Crippen LogP contribution is -2.48. The summed E-state index contributed by atoms with van der Waals surface area (Å²) in [5.74, 6) is -0.648. The number of nitrogens with zero attached hydrogens (tertiary/aromatic N) is 4. The minimum absolute atomic E-state index is 0.157. The molecule has 0 unspecified atom stereocenters. The Hall–Kier alpha value is -3.07. The smallest absolute Gasteiger partial charge is 0.261 e. The van der Waals surface area contributed by atoms with E-state index in [4.69, 9.17) is 21.1 Å². The van der Waals surface area contributed by atoms with Gasteiger partial charge in [0.1, 0.15) is 5.69 Å². The molecule has 2 amide bonds. The van der Waals surface area contributed by atoms with Crippen LogP contribution < -0.4 is 0 Å². The predicted molar refractivity (Wildman–Crippen MR) is 102 cm³/mol. The molecule has 0 N–H and O–H groups in total. The quantitative estimate of drug-likeness (QED) is 0.617. The highest BCUT2D eigenvalue weighted by Crippen LogP contribution is 2.29. The molecule has 5 rings (SSSR count). The largest absolute Gasteiger partial charge is 0.345 e. The van der Waals surface area contributed by atoms with Gasteiger partial charge in [0.2, 0.25) is 6.29 Å². The van der Waals surface area contributed by atoms with E-state index in [9.17, 15) is 9.59 Å². The number of carbonyl (C=O) groups excluding carboxylic acids is 2. The van der Waals surface area contributed by atoms with E-state index in [0.717, 1.165) is 5.69 Å². The van der Waals surface area contributed by atoms with Crippen molar-refractivity contribution >= 4 is 23.4 Å². The zero-order valence-corrected chi connectivity index (χ0v) is 15.8. The van der Waals surface area contributed by atoms with Crippen LogP contribution in [-0.2, 0) is 9.47 Å². The molecule has 8 nitrogen and oxygen atoms in total. The second-order valence-corrected chi connectivity index (χ2v) is 7.18. The number of ether oxygens (including phenoxy) is 2. The Bertz CT molecular complexity index is 1050. The standard InChI is InChI=1S/C20H15ClN4O4/c21-12-5-7-13(8-6-12)24-9-17(22-23-24)20-28-10-14(11-29-20)25-18(26)15-3-1-2-4-16(15)19(25)27/h1-9,14,20H,10-11H2/t14-,20-. The number of aromatic nitrogens is 3. The molecule has 0 atom stereocenters. The van der Waals surface area contributed by atoms with Crippen LogP contribution >= 0.6 is 11.6 Å². The number of fused-ring (bicyclic) bond motifs is 1. The van der Waals surface area contributed by atoms with E-state index < -0.39 is 12.3 Å². The maximum absolute atomic E-state index is 12.6. The molecule has 3 heterocycles. The van der Waals surface area contributed by atoms with Crippen molar-refractivity contribution in [3.63, 3.8) is 0 Å². The SMILES string of the molecule is O=C1c2ccccc2C(=O)N1[C@H]1CO[C@H](c2cn(-c3ccc(Cl)cc3)nn2)OC1. The predicted octanol–water partition coefficient (Wildman–Crippen LogP) is 2.63. The monoisotopic (exact) mass is 410 g/mol. The van der Waals surface area contributed by atoms with Gasteiger partial charge in [0.05, 0.1) is 42.3 Å². The summed E-state index contributed by atoms with van der Waals surface area (Å²) >= 11 is 5.91. The van der Waals surface area contributed by atoms with Gasteiger partial charge in [-0.3, -0.25) is 14.5 Å². The molecule has 0 aliphatic carbocycles. The maximum atomic E-state index is 12.6. The second-order valence-electron chi connectivity index (χ2n) is 6.74. The zero-order chi connectivity index (χ0) is 20.0. The second kappa shape index (κ2) is 7.07. The van der Waals surface area contributed by atoms with Crippen molar-refractivity contribution in [2.75, 3.05) is 13.2 Å². The number of amides is 2. The van der Waals surface area contributed by atoms with E-state index in [-0.39, 0.29) is 25.0 Å². The Balaban J connectivity index is 1.28. The van der Waals surface area contributed by atoms with Gasteiger partial charge in [-0.05, 0) is 36.4 Å². The number of hydrogen-bond acceptors (Lipinski definition) is 6. The molecule has 3 aromatic rings. The Morgan fingerprint density at radius 3 is 2.17 bits per heavy atom. The zero-order valence-electron chi connectivity index (χ0n) is 15.1. The summed E-state index contributed by atoms with van der Waals surface area (Å²) < 4.78 is 13.1. The Labute approximate surface area is 170 Å². The molecule has 1 saturated heterocycles. The van der Waals surface area contributed by atoms with Gasteiger partial charge in [-0.1, -0.05) is 28.9 Å². The summed E-state index contributed by atoms with van der Waals surface area (Å²) in [5, 5.41) is 8.82. The fraction of sp³-hybridized carbons (Fsp3) is 0.200. The summed E-state index contributed by atoms with van der Waals surface area (Å²) in [6.45, 7) is 0.313. The van der Waals surface area contributed by atoms with Crippen LogP contribution in [0, 0.1) is 0 Å². The highest BCUT2D eigenvalue weighted by Gasteiger charge is 2.42. The minimum atomic E-state index is -0.720. The van der Waals surface area contributed by atoms with Gasteiger partial charge < -0.3 is 9.47 Å². The first-order valence-corrected chi connectivity index (χ1v) is 9.38. The molecule has 0 spiro atoms. The van der Waals surface area contributed by atoms with Gasteiger partial charge in [0.25, 0.3) is 11.8 Å². The topological polar surface area (TPSA) is 86.6 Å². The van der Waals surface area contributed by atoms with Gasteiger partial charge in [0.15, 0.2) is 0 Å². The number of carbonyl (C=O) groups is 2. The molecule has 29 heavy (non-hydrogen) atoms. The molecule has 2 aliphatic heterocycles. The van der Waals surface area contributed by atoms with Crippen molar-refractivity contribution in [2.45, 2.75) is 12.3 Å². The van der Waals surface area contributed by atoms with E-state index in [1.54, 1.807) is 47.3 Å². The van der Waals surface area contributed by atoms with Crippen molar-refractivity contribution in [1.82, 2.24) is 19.9 Å². The molecule has 2 aromatic carbocycles. The first kappa shape index (κ1) is 18.0. The summed E-state index contributed by atoms with van der Waals surface area (Å²) in [4.78, 5) is 26.4. The van der Waals surface area contributed by atoms with Gasteiger partial charge in [0, 0.05) is 5.02 Å². The van der Waals surface area contributed by atoms with Gasteiger partial charge in [-0.15, -0.1) is 5.10 Å². The summed E-state index contributed by atoms with van der Waals surface area (Å²) in [6.07, 6.45) is 0.985. The van der Waals surface area contributed by atoms with Crippen LogP contribution in [0.15, 0.2) is 54.7 Å². The average molecular weight is 411 g/mol. The highest BCUT2D eigenvalue weighted by atomic mass is 35.5. The van der Waals surface area contributed by atoms with Crippen LogP contribution in [0.3, 0.4) is 0 Å². The first-order chi connectivity index (χ1) is 14.1. The number of benzene rings is 2. The first-order valence-electron chi connectivity index (χ1n) is 9.00. The third kappa shape index (κ3) is 3.11. The Kier molecular flexibility index (Phi) is 4.39. The molecule has 0 radical (unpaired) electrons. The lowest BCUT2D eigenvalue weighted by atomic mass is 10.1. The van der Waals surface area contributed by atoms with E-state index >= 15 is 0 Å². The van der Waals surface area contributed by atoms with Crippen molar-refractivity contribution in [1.29, 1.82) is 0 Å². The molecule has 1 aromatic heterocycles. The van der Waals surface area contributed by atoms with Gasteiger partial charge in [-0.25, -0.2) is 4.68 Å². The van der Waals surface area contributed by atoms with Crippen LogP contribution in [0.1, 0.15) is 32.7 Å². The molecule has 9 heteroatoms. The lowest BCUT2D eigenvalue weighted by molar-refractivity contribution is -0.203. The van der Waals surface area contributed by atoms with E-state index in [2.05, 4.69) is 10.3 Å². The summed E-state index contributed by atoms with van der Waals surface area (Å²) in [6, 6.07) is 13.4. The summed E-state index contributed by atoms with van der Waals surface area (Å²) in [5.41, 5.74) is 2.12. The number of rotatable bonds is 3. The van der Waals surface area contributed by atoms with Crippen molar-refractivity contribution < 1.29 is 19.1 Å². The fourth-order valence-corrected chi connectivity index (χ4v) is 3.58. The Morgan fingerprint density at radius 2 is 1.55 bits per heavy atom. The number of imide groups is 1. The maximum Gasteiger partial charge on any atom is 0.261 e. The molecule has 0 bridgehead atoms. The minimum Gasteiger partial charge on any atom is -0.345 e. The normalized spacial score (nSPS) is 21.5.